The summed E-state index contributed by atoms with van der Waals surface area (Å²) in [5, 5.41) is 27.7. The average molecular weight is 280 g/mol. The predicted molar refractivity (Wildman–Crippen MR) is 65.2 cm³/mol. The van der Waals surface area contributed by atoms with Gasteiger partial charge in [0.05, 0.1) is 15.4 Å². The Labute approximate surface area is 111 Å². The van der Waals surface area contributed by atoms with E-state index in [-0.39, 0.29) is 16.1 Å². The number of nitro groups is 1. The lowest BCUT2D eigenvalue weighted by Gasteiger charge is -2.03. The first-order chi connectivity index (χ1) is 8.99. The van der Waals surface area contributed by atoms with Gasteiger partial charge in [0.2, 0.25) is 0 Å². The van der Waals surface area contributed by atoms with Crippen molar-refractivity contribution >= 4 is 23.4 Å². The minimum Gasteiger partial charge on any atom is -0.478 e. The predicted octanol–water partition coefficient (Wildman–Crippen LogP) is 1.57. The molecule has 0 saturated heterocycles. The number of rotatable bonds is 4. The molecule has 2 aromatic rings. The first kappa shape index (κ1) is 13.0. The molecule has 0 fully saturated rings. The van der Waals surface area contributed by atoms with Crippen LogP contribution >= 0.6 is 11.8 Å². The van der Waals surface area contributed by atoms with Crippen molar-refractivity contribution in [2.45, 2.75) is 10.1 Å². The number of hydrogen-bond donors (Lipinski definition) is 1. The molecule has 0 spiro atoms. The van der Waals surface area contributed by atoms with Gasteiger partial charge in [-0.3, -0.25) is 10.1 Å². The number of nitro benzene ring substituents is 1. The lowest BCUT2D eigenvalue weighted by Crippen LogP contribution is -1.99. The number of benzene rings is 1. The molecule has 1 heterocycles. The highest BCUT2D eigenvalue weighted by Gasteiger charge is 2.19. The number of carboxylic acids is 1. The van der Waals surface area contributed by atoms with E-state index < -0.39 is 10.9 Å². The second kappa shape index (κ2) is 5.06. The summed E-state index contributed by atoms with van der Waals surface area (Å²) in [6.07, 6.45) is 1.45. The second-order valence-electron chi connectivity index (χ2n) is 3.57. The SMILES string of the molecule is Cn1cnnc1Sc1cc(C(=O)O)ccc1[N+](=O)[O-]. The number of hydrogen-bond acceptors (Lipinski definition) is 6. The summed E-state index contributed by atoms with van der Waals surface area (Å²) in [7, 11) is 1.69. The van der Waals surface area contributed by atoms with Crippen molar-refractivity contribution in [3.63, 3.8) is 0 Å². The summed E-state index contributed by atoms with van der Waals surface area (Å²) >= 11 is 0.992. The van der Waals surface area contributed by atoms with Crippen molar-refractivity contribution in [1.29, 1.82) is 0 Å². The van der Waals surface area contributed by atoms with Crippen LogP contribution in [0.4, 0.5) is 5.69 Å². The molecule has 9 heteroatoms. The van der Waals surface area contributed by atoms with Crippen molar-refractivity contribution in [1.82, 2.24) is 14.8 Å². The maximum atomic E-state index is 10.9. The van der Waals surface area contributed by atoms with Gasteiger partial charge in [-0.15, -0.1) is 10.2 Å². The molecule has 1 N–H and O–H groups in total. The molecule has 19 heavy (non-hydrogen) atoms. The molecule has 2 rings (SSSR count). The summed E-state index contributed by atoms with van der Waals surface area (Å²) in [4.78, 5) is 21.5. The number of aromatic carboxylic acids is 1. The van der Waals surface area contributed by atoms with Crippen molar-refractivity contribution in [2.24, 2.45) is 7.05 Å². The van der Waals surface area contributed by atoms with Crippen LogP contribution in [0, 0.1) is 10.1 Å². The molecule has 0 aliphatic heterocycles. The van der Waals surface area contributed by atoms with E-state index in [0.29, 0.717) is 5.16 Å². The van der Waals surface area contributed by atoms with Gasteiger partial charge < -0.3 is 9.67 Å². The van der Waals surface area contributed by atoms with Crippen LogP contribution in [0.2, 0.25) is 0 Å². The lowest BCUT2D eigenvalue weighted by atomic mass is 10.2. The van der Waals surface area contributed by atoms with Gasteiger partial charge in [-0.2, -0.15) is 0 Å². The normalized spacial score (nSPS) is 10.4. The number of aromatic nitrogens is 3. The van der Waals surface area contributed by atoms with E-state index in [2.05, 4.69) is 10.2 Å². The van der Waals surface area contributed by atoms with E-state index in [9.17, 15) is 14.9 Å². The van der Waals surface area contributed by atoms with Gasteiger partial charge in [-0.05, 0) is 23.9 Å². The zero-order chi connectivity index (χ0) is 14.0. The van der Waals surface area contributed by atoms with Crippen LogP contribution in [-0.2, 0) is 7.05 Å². The Morgan fingerprint density at radius 1 is 1.53 bits per heavy atom. The van der Waals surface area contributed by atoms with Crippen molar-refractivity contribution in [3.05, 3.63) is 40.2 Å². The van der Waals surface area contributed by atoms with Crippen molar-refractivity contribution < 1.29 is 14.8 Å². The molecule has 8 nitrogen and oxygen atoms in total. The van der Waals surface area contributed by atoms with Crippen molar-refractivity contribution in [3.8, 4) is 0 Å². The van der Waals surface area contributed by atoms with Gasteiger partial charge in [0.1, 0.15) is 6.33 Å². The molecule has 0 radical (unpaired) electrons. The summed E-state index contributed by atoms with van der Waals surface area (Å²) in [5.41, 5.74) is -0.187. The van der Waals surface area contributed by atoms with Crippen LogP contribution < -0.4 is 0 Å². The van der Waals surface area contributed by atoms with Crippen LogP contribution in [0.1, 0.15) is 10.4 Å². The molecular weight excluding hydrogens is 272 g/mol. The van der Waals surface area contributed by atoms with Gasteiger partial charge in [0, 0.05) is 13.1 Å². The molecule has 1 aromatic heterocycles. The fourth-order valence-electron chi connectivity index (χ4n) is 1.34. The van der Waals surface area contributed by atoms with Crippen LogP contribution in [-0.4, -0.2) is 30.8 Å². The fraction of sp³-hybridized carbons (Fsp3) is 0.100. The molecule has 0 atom stereocenters. The quantitative estimate of drug-likeness (QED) is 0.668. The first-order valence-electron chi connectivity index (χ1n) is 5.02. The van der Waals surface area contributed by atoms with Crippen LogP contribution in [0.3, 0.4) is 0 Å². The second-order valence-corrected chi connectivity index (χ2v) is 4.58. The summed E-state index contributed by atoms with van der Waals surface area (Å²) in [5.74, 6) is -1.14. The van der Waals surface area contributed by atoms with Gasteiger partial charge in [-0.1, -0.05) is 0 Å². The van der Waals surface area contributed by atoms with Crippen LogP contribution in [0.5, 0.6) is 0 Å². The smallest absolute Gasteiger partial charge is 0.335 e. The molecule has 0 amide bonds. The summed E-state index contributed by atoms with van der Waals surface area (Å²) < 4.78 is 1.59. The Bertz CT molecular complexity index is 655. The highest BCUT2D eigenvalue weighted by Crippen LogP contribution is 2.34. The Morgan fingerprint density at radius 2 is 2.26 bits per heavy atom. The Hall–Kier alpha value is -2.42. The minimum absolute atomic E-state index is 0.0183. The van der Waals surface area contributed by atoms with E-state index >= 15 is 0 Å². The number of carbonyl (C=O) groups is 1. The highest BCUT2D eigenvalue weighted by molar-refractivity contribution is 7.99. The third-order valence-corrected chi connectivity index (χ3v) is 3.37. The standard InChI is InChI=1S/C10H8N4O4S/c1-13-5-11-12-10(13)19-8-4-6(9(15)16)2-3-7(8)14(17)18/h2-5H,1H3,(H,15,16). The first-order valence-corrected chi connectivity index (χ1v) is 5.84. The lowest BCUT2D eigenvalue weighted by molar-refractivity contribution is -0.387. The zero-order valence-corrected chi connectivity index (χ0v) is 10.5. The largest absolute Gasteiger partial charge is 0.478 e. The number of aryl methyl sites for hydroxylation is 1. The number of nitrogens with zero attached hydrogens (tertiary/aromatic N) is 4. The van der Waals surface area contributed by atoms with Gasteiger partial charge in [0.15, 0.2) is 5.16 Å². The maximum absolute atomic E-state index is 10.9. The number of carboxylic acid groups (broad SMARTS) is 1. The van der Waals surface area contributed by atoms with E-state index in [1.165, 1.54) is 24.5 Å². The molecular formula is C10H8N4O4S. The molecule has 0 bridgehead atoms. The Morgan fingerprint density at radius 3 is 2.79 bits per heavy atom. The third-order valence-electron chi connectivity index (χ3n) is 2.27. The van der Waals surface area contributed by atoms with Gasteiger partial charge >= 0.3 is 5.97 Å². The summed E-state index contributed by atoms with van der Waals surface area (Å²) in [6, 6.07) is 3.61. The highest BCUT2D eigenvalue weighted by atomic mass is 32.2. The molecule has 1 aromatic carbocycles. The Kier molecular flexibility index (Phi) is 3.47. The minimum atomic E-state index is -1.14. The van der Waals surface area contributed by atoms with Gasteiger partial charge in [-0.25, -0.2) is 4.79 Å². The zero-order valence-electron chi connectivity index (χ0n) is 9.68. The van der Waals surface area contributed by atoms with Gasteiger partial charge in [0.25, 0.3) is 5.69 Å². The summed E-state index contributed by atoms with van der Waals surface area (Å²) in [6.45, 7) is 0. The monoisotopic (exact) mass is 280 g/mol. The van der Waals surface area contributed by atoms with E-state index in [1.807, 2.05) is 0 Å². The molecule has 0 saturated carbocycles. The Balaban J connectivity index is 2.46. The third kappa shape index (κ3) is 2.71. The molecule has 0 aliphatic rings. The topological polar surface area (TPSA) is 111 Å². The molecule has 0 aliphatic carbocycles. The molecule has 0 unspecified atom stereocenters. The van der Waals surface area contributed by atoms with Crippen molar-refractivity contribution in [2.75, 3.05) is 0 Å². The van der Waals surface area contributed by atoms with E-state index in [0.717, 1.165) is 11.8 Å². The van der Waals surface area contributed by atoms with Crippen LogP contribution in [0.15, 0.2) is 34.6 Å². The molecule has 98 valence electrons. The maximum Gasteiger partial charge on any atom is 0.335 e. The fourth-order valence-corrected chi connectivity index (χ4v) is 2.25. The average Bonchev–Trinajstić information content (AvgIpc) is 2.74. The van der Waals surface area contributed by atoms with E-state index in [4.69, 9.17) is 5.11 Å². The van der Waals surface area contributed by atoms with Crippen LogP contribution in [0.25, 0.3) is 0 Å². The van der Waals surface area contributed by atoms with E-state index in [1.54, 1.807) is 11.6 Å².